The van der Waals surface area contributed by atoms with Crippen LogP contribution in [0.3, 0.4) is 0 Å². The van der Waals surface area contributed by atoms with E-state index in [1.807, 2.05) is 26.0 Å². The van der Waals surface area contributed by atoms with Gasteiger partial charge in [-0.2, -0.15) is 0 Å². The number of hydrogen-bond acceptors (Lipinski definition) is 3. The van der Waals surface area contributed by atoms with Gasteiger partial charge in [-0.05, 0) is 56.4 Å². The van der Waals surface area contributed by atoms with Gasteiger partial charge in [-0.25, -0.2) is 0 Å². The van der Waals surface area contributed by atoms with Crippen molar-refractivity contribution in [3.63, 3.8) is 0 Å². The first-order chi connectivity index (χ1) is 8.45. The third kappa shape index (κ3) is 2.41. The van der Waals surface area contributed by atoms with Gasteiger partial charge in [0, 0.05) is 17.5 Å². The Morgan fingerprint density at radius 1 is 1.33 bits per heavy atom. The van der Waals surface area contributed by atoms with E-state index < -0.39 is 0 Å². The van der Waals surface area contributed by atoms with Gasteiger partial charge in [0.25, 0.3) is 0 Å². The molecule has 2 N–H and O–H groups in total. The number of rotatable bonds is 4. The van der Waals surface area contributed by atoms with Crippen molar-refractivity contribution in [2.24, 2.45) is 5.73 Å². The topological polar surface area (TPSA) is 52.3 Å². The summed E-state index contributed by atoms with van der Waals surface area (Å²) in [5.41, 5.74) is 8.62. The molecule has 0 heterocycles. The van der Waals surface area contributed by atoms with E-state index in [0.717, 1.165) is 41.7 Å². The number of nitrogens with two attached hydrogens (primary N) is 1. The fourth-order valence-electron chi connectivity index (χ4n) is 2.53. The van der Waals surface area contributed by atoms with E-state index in [9.17, 15) is 4.79 Å². The Morgan fingerprint density at radius 2 is 2.00 bits per heavy atom. The first kappa shape index (κ1) is 13.1. The minimum Gasteiger partial charge on any atom is -0.496 e. The number of ether oxygens (including phenoxy) is 1. The standard InChI is InChI=1S/C15H21NO2/c1-10-8-14(18-3)11(2)7-12(10)13(17)9-15(16)5-4-6-15/h7-8H,4-6,9,16H2,1-3H3. The molecule has 0 radical (unpaired) electrons. The summed E-state index contributed by atoms with van der Waals surface area (Å²) in [6.45, 7) is 3.90. The second kappa shape index (κ2) is 4.73. The van der Waals surface area contributed by atoms with Gasteiger partial charge in [0.15, 0.2) is 5.78 Å². The Bertz CT molecular complexity index is 476. The summed E-state index contributed by atoms with van der Waals surface area (Å²) in [4.78, 5) is 12.3. The summed E-state index contributed by atoms with van der Waals surface area (Å²) in [6, 6.07) is 3.84. The molecular formula is C15H21NO2. The molecule has 3 nitrogen and oxygen atoms in total. The molecule has 98 valence electrons. The molecule has 3 heteroatoms. The van der Waals surface area contributed by atoms with Crippen LogP contribution in [-0.4, -0.2) is 18.4 Å². The zero-order chi connectivity index (χ0) is 13.3. The van der Waals surface area contributed by atoms with Crippen molar-refractivity contribution >= 4 is 5.78 Å². The molecule has 1 aliphatic rings. The lowest BCUT2D eigenvalue weighted by molar-refractivity contribution is 0.0911. The summed E-state index contributed by atoms with van der Waals surface area (Å²) in [7, 11) is 1.65. The number of carbonyl (C=O) groups is 1. The number of hydrogen-bond donors (Lipinski definition) is 1. The van der Waals surface area contributed by atoms with Gasteiger partial charge in [-0.1, -0.05) is 0 Å². The van der Waals surface area contributed by atoms with Crippen LogP contribution in [0.5, 0.6) is 5.75 Å². The van der Waals surface area contributed by atoms with Crippen molar-refractivity contribution in [2.45, 2.75) is 45.1 Å². The molecule has 1 aromatic rings. The minimum absolute atomic E-state index is 0.153. The number of carbonyl (C=O) groups excluding carboxylic acids is 1. The van der Waals surface area contributed by atoms with Crippen molar-refractivity contribution in [1.29, 1.82) is 0 Å². The maximum Gasteiger partial charge on any atom is 0.164 e. The fraction of sp³-hybridized carbons (Fsp3) is 0.533. The smallest absolute Gasteiger partial charge is 0.164 e. The molecule has 2 rings (SSSR count). The van der Waals surface area contributed by atoms with E-state index in [1.54, 1.807) is 7.11 Å². The van der Waals surface area contributed by atoms with E-state index in [4.69, 9.17) is 10.5 Å². The lowest BCUT2D eigenvalue weighted by Gasteiger charge is -2.37. The number of ketones is 1. The van der Waals surface area contributed by atoms with Gasteiger partial charge in [0.1, 0.15) is 5.75 Å². The second-order valence-corrected chi connectivity index (χ2v) is 5.45. The normalized spacial score (nSPS) is 17.1. The van der Waals surface area contributed by atoms with Crippen LogP contribution < -0.4 is 10.5 Å². The van der Waals surface area contributed by atoms with E-state index in [0.29, 0.717) is 6.42 Å². The molecule has 0 spiro atoms. The Labute approximate surface area is 108 Å². The van der Waals surface area contributed by atoms with Crippen LogP contribution in [0.15, 0.2) is 12.1 Å². The highest BCUT2D eigenvalue weighted by atomic mass is 16.5. The number of methoxy groups -OCH3 is 1. The highest BCUT2D eigenvalue weighted by Crippen LogP contribution is 2.34. The second-order valence-electron chi connectivity index (χ2n) is 5.45. The van der Waals surface area contributed by atoms with Crippen molar-refractivity contribution in [3.8, 4) is 5.75 Å². The van der Waals surface area contributed by atoms with Gasteiger partial charge < -0.3 is 10.5 Å². The summed E-state index contributed by atoms with van der Waals surface area (Å²) in [5.74, 6) is 0.982. The summed E-state index contributed by atoms with van der Waals surface area (Å²) in [6.07, 6.45) is 3.53. The molecule has 0 saturated heterocycles. The average molecular weight is 247 g/mol. The highest BCUT2D eigenvalue weighted by molar-refractivity contribution is 5.98. The highest BCUT2D eigenvalue weighted by Gasteiger charge is 2.35. The average Bonchev–Trinajstić information content (AvgIpc) is 2.29. The third-order valence-corrected chi connectivity index (χ3v) is 3.90. The van der Waals surface area contributed by atoms with Crippen LogP contribution in [0.1, 0.15) is 47.2 Å². The molecule has 0 aliphatic heterocycles. The molecule has 1 saturated carbocycles. The summed E-state index contributed by atoms with van der Waals surface area (Å²) < 4.78 is 5.26. The SMILES string of the molecule is COc1cc(C)c(C(=O)CC2(N)CCC2)cc1C. The molecular weight excluding hydrogens is 226 g/mol. The van der Waals surface area contributed by atoms with Crippen molar-refractivity contribution in [3.05, 3.63) is 28.8 Å². The lowest BCUT2D eigenvalue weighted by Crippen LogP contribution is -2.48. The van der Waals surface area contributed by atoms with Gasteiger partial charge in [0.05, 0.1) is 7.11 Å². The Balaban J connectivity index is 2.22. The lowest BCUT2D eigenvalue weighted by atomic mass is 9.73. The molecule has 0 bridgehead atoms. The first-order valence-electron chi connectivity index (χ1n) is 6.42. The van der Waals surface area contributed by atoms with Crippen LogP contribution in [0.4, 0.5) is 0 Å². The maximum absolute atomic E-state index is 12.3. The van der Waals surface area contributed by atoms with Crippen molar-refractivity contribution in [1.82, 2.24) is 0 Å². The Morgan fingerprint density at radius 3 is 2.50 bits per heavy atom. The van der Waals surface area contributed by atoms with Crippen LogP contribution >= 0.6 is 0 Å². The van der Waals surface area contributed by atoms with Gasteiger partial charge in [-0.3, -0.25) is 4.79 Å². The van der Waals surface area contributed by atoms with Crippen molar-refractivity contribution in [2.75, 3.05) is 7.11 Å². The predicted octanol–water partition coefficient (Wildman–Crippen LogP) is 2.77. The van der Waals surface area contributed by atoms with Crippen LogP contribution in [0.25, 0.3) is 0 Å². The van der Waals surface area contributed by atoms with Crippen molar-refractivity contribution < 1.29 is 9.53 Å². The van der Waals surface area contributed by atoms with E-state index >= 15 is 0 Å². The molecule has 0 atom stereocenters. The molecule has 0 unspecified atom stereocenters. The number of Topliss-reactive ketones (excluding diaryl/α,β-unsaturated/α-hetero) is 1. The largest absolute Gasteiger partial charge is 0.496 e. The molecule has 1 aliphatic carbocycles. The molecule has 18 heavy (non-hydrogen) atoms. The molecule has 0 aromatic heterocycles. The first-order valence-corrected chi connectivity index (χ1v) is 6.42. The van der Waals surface area contributed by atoms with Crippen LogP contribution in [0.2, 0.25) is 0 Å². The van der Waals surface area contributed by atoms with Gasteiger partial charge in [-0.15, -0.1) is 0 Å². The van der Waals surface area contributed by atoms with Crippen LogP contribution in [0, 0.1) is 13.8 Å². The molecule has 0 amide bonds. The predicted molar refractivity (Wildman–Crippen MR) is 72.2 cm³/mol. The fourth-order valence-corrected chi connectivity index (χ4v) is 2.53. The minimum atomic E-state index is -0.253. The maximum atomic E-state index is 12.3. The van der Waals surface area contributed by atoms with Gasteiger partial charge >= 0.3 is 0 Å². The summed E-state index contributed by atoms with van der Waals surface area (Å²) >= 11 is 0. The van der Waals surface area contributed by atoms with E-state index in [-0.39, 0.29) is 11.3 Å². The zero-order valence-electron chi connectivity index (χ0n) is 11.4. The molecule has 1 fully saturated rings. The number of aryl methyl sites for hydroxylation is 2. The summed E-state index contributed by atoms with van der Waals surface area (Å²) in [5, 5.41) is 0. The Kier molecular flexibility index (Phi) is 3.44. The van der Waals surface area contributed by atoms with E-state index in [1.165, 1.54) is 0 Å². The third-order valence-electron chi connectivity index (χ3n) is 3.90. The zero-order valence-corrected chi connectivity index (χ0v) is 11.4. The van der Waals surface area contributed by atoms with E-state index in [2.05, 4.69) is 0 Å². The number of benzene rings is 1. The molecule has 1 aromatic carbocycles. The van der Waals surface area contributed by atoms with Crippen LogP contribution in [-0.2, 0) is 0 Å². The monoisotopic (exact) mass is 247 g/mol. The quantitative estimate of drug-likeness (QED) is 0.832. The Hall–Kier alpha value is -1.35. The van der Waals surface area contributed by atoms with Gasteiger partial charge in [0.2, 0.25) is 0 Å².